The van der Waals surface area contributed by atoms with Gasteiger partial charge in [-0.15, -0.1) is 0 Å². The van der Waals surface area contributed by atoms with Crippen molar-refractivity contribution in [2.45, 2.75) is 90.4 Å². The lowest BCUT2D eigenvalue weighted by Gasteiger charge is -2.38. The molecule has 0 aliphatic carbocycles. The van der Waals surface area contributed by atoms with Gasteiger partial charge in [0.2, 0.25) is 0 Å². The molecule has 8 heteroatoms. The molecule has 33 heavy (non-hydrogen) atoms. The van der Waals surface area contributed by atoms with Crippen LogP contribution in [0.1, 0.15) is 65.4 Å². The average molecular weight is 474 g/mol. The van der Waals surface area contributed by atoms with E-state index in [0.29, 0.717) is 19.5 Å². The summed E-state index contributed by atoms with van der Waals surface area (Å²) in [7, 11) is -2.01. The van der Waals surface area contributed by atoms with E-state index < -0.39 is 13.9 Å². The topological polar surface area (TPSA) is 76.8 Å². The van der Waals surface area contributed by atoms with Crippen LogP contribution >= 0.6 is 0 Å². The molecule has 3 rings (SSSR count). The lowest BCUT2D eigenvalue weighted by molar-refractivity contribution is 0.0201. The molecule has 1 aromatic carbocycles. The normalized spacial score (nSPS) is 19.7. The second-order valence-corrected chi connectivity index (χ2v) is 16.2. The van der Waals surface area contributed by atoms with Crippen molar-refractivity contribution in [3.8, 4) is 5.75 Å². The first-order valence-electron chi connectivity index (χ1n) is 11.6. The highest BCUT2D eigenvalue weighted by atomic mass is 28.4. The van der Waals surface area contributed by atoms with Gasteiger partial charge >= 0.3 is 6.09 Å². The van der Waals surface area contributed by atoms with Crippen LogP contribution in [-0.2, 0) is 15.7 Å². The summed E-state index contributed by atoms with van der Waals surface area (Å²) in [6.45, 7) is 17.8. The van der Waals surface area contributed by atoms with Gasteiger partial charge in [-0.05, 0) is 56.6 Å². The number of phenolic OH excluding ortho intramolecular Hbond substituents is 1. The number of amides is 1. The van der Waals surface area contributed by atoms with E-state index in [-0.39, 0.29) is 29.0 Å². The zero-order valence-corrected chi connectivity index (χ0v) is 22.3. The number of imidazole rings is 1. The second-order valence-electron chi connectivity index (χ2n) is 11.5. The van der Waals surface area contributed by atoms with Gasteiger partial charge in [-0.2, -0.15) is 0 Å². The van der Waals surface area contributed by atoms with Gasteiger partial charge in [-0.25, -0.2) is 9.78 Å². The van der Waals surface area contributed by atoms with Crippen LogP contribution in [0.25, 0.3) is 0 Å². The first kappa shape index (κ1) is 25.3. The zero-order chi connectivity index (χ0) is 24.6. The molecule has 2 aromatic rings. The Morgan fingerprint density at radius 3 is 2.52 bits per heavy atom. The molecule has 0 spiro atoms. The summed E-state index contributed by atoms with van der Waals surface area (Å²) in [5.41, 5.74) is 0.377. The van der Waals surface area contributed by atoms with Crippen molar-refractivity contribution in [1.29, 1.82) is 0 Å². The number of aromatic nitrogens is 2. The fraction of sp³-hybridized carbons (Fsp3) is 0.600. The van der Waals surface area contributed by atoms with Gasteiger partial charge in [0.05, 0.1) is 12.1 Å². The third-order valence-corrected chi connectivity index (χ3v) is 11.0. The van der Waals surface area contributed by atoms with Crippen LogP contribution in [0.3, 0.4) is 0 Å². The fourth-order valence-electron chi connectivity index (χ4n) is 3.85. The highest BCUT2D eigenvalue weighted by Crippen LogP contribution is 2.41. The Morgan fingerprint density at radius 1 is 1.21 bits per heavy atom. The van der Waals surface area contributed by atoms with Crippen molar-refractivity contribution in [3.63, 3.8) is 0 Å². The molecule has 1 saturated heterocycles. The van der Waals surface area contributed by atoms with Crippen LogP contribution in [0.2, 0.25) is 18.1 Å². The minimum absolute atomic E-state index is 0.0747. The van der Waals surface area contributed by atoms with E-state index >= 15 is 0 Å². The molecule has 182 valence electrons. The summed E-state index contributed by atoms with van der Waals surface area (Å²) in [6.07, 6.45) is 3.92. The number of aromatic hydroxyl groups is 1. The van der Waals surface area contributed by atoms with Gasteiger partial charge < -0.3 is 18.8 Å². The summed E-state index contributed by atoms with van der Waals surface area (Å²) in [4.78, 5) is 19.6. The number of carbonyl (C=O) groups excluding carboxylic acids is 1. The number of rotatable bonds is 5. The summed E-state index contributed by atoms with van der Waals surface area (Å²) < 4.78 is 14.5. The summed E-state index contributed by atoms with van der Waals surface area (Å²) in [5, 5.41) is 9.93. The smallest absolute Gasteiger partial charge is 0.411 e. The lowest BCUT2D eigenvalue weighted by Crippen LogP contribution is -2.45. The fourth-order valence-corrected chi connectivity index (χ4v) is 5.20. The molecule has 1 aliphatic heterocycles. The van der Waals surface area contributed by atoms with Crippen LogP contribution in [-0.4, -0.2) is 52.2 Å². The molecule has 1 N–H and O–H groups in total. The highest BCUT2D eigenvalue weighted by Gasteiger charge is 2.45. The summed E-state index contributed by atoms with van der Waals surface area (Å²) >= 11 is 0. The van der Waals surface area contributed by atoms with E-state index in [0.717, 1.165) is 11.4 Å². The van der Waals surface area contributed by atoms with E-state index in [1.165, 1.54) is 0 Å². The number of phenols is 1. The van der Waals surface area contributed by atoms with E-state index in [1.54, 1.807) is 23.2 Å². The van der Waals surface area contributed by atoms with Crippen LogP contribution in [0.4, 0.5) is 4.79 Å². The molecule has 1 amide bonds. The van der Waals surface area contributed by atoms with Gasteiger partial charge in [0, 0.05) is 31.9 Å². The molecule has 1 aliphatic rings. The van der Waals surface area contributed by atoms with Crippen molar-refractivity contribution in [2.75, 3.05) is 6.54 Å². The Hall–Kier alpha value is -2.32. The maximum absolute atomic E-state index is 13.2. The Kier molecular flexibility index (Phi) is 7.01. The maximum Gasteiger partial charge on any atom is 0.411 e. The SMILES string of the molecule is CC(C)(C)OC(=O)N1C[C@H](O[Si](C)(C)C(C)(C)C)C[C@H]1c1nccn1Cc1cccc(O)c1. The number of benzene rings is 1. The van der Waals surface area contributed by atoms with Crippen molar-refractivity contribution in [3.05, 3.63) is 48.0 Å². The summed E-state index contributed by atoms with van der Waals surface area (Å²) in [5.74, 6) is 1.03. The Balaban J connectivity index is 1.89. The molecular weight excluding hydrogens is 434 g/mol. The largest absolute Gasteiger partial charge is 0.508 e. The van der Waals surface area contributed by atoms with E-state index in [4.69, 9.17) is 9.16 Å². The molecule has 0 unspecified atom stereocenters. The zero-order valence-electron chi connectivity index (χ0n) is 21.3. The van der Waals surface area contributed by atoms with Crippen LogP contribution in [0.5, 0.6) is 5.75 Å². The number of hydrogen-bond donors (Lipinski definition) is 1. The molecular formula is C25H39N3O4Si. The van der Waals surface area contributed by atoms with Crippen molar-refractivity contribution in [2.24, 2.45) is 0 Å². The molecule has 1 aromatic heterocycles. The number of hydrogen-bond acceptors (Lipinski definition) is 5. The average Bonchev–Trinajstić information content (AvgIpc) is 3.25. The standard InChI is InChI=1S/C25H39N3O4Si/c1-24(2,3)31-23(30)28-17-20(32-33(7,8)25(4,5)6)15-21(28)22-26-12-13-27(22)16-18-10-9-11-19(29)14-18/h9-14,20-21,29H,15-17H2,1-8H3/t20-,21+/m1/s1. The van der Waals surface area contributed by atoms with Crippen molar-refractivity contribution < 1.29 is 19.1 Å². The maximum atomic E-state index is 13.2. The Bertz CT molecular complexity index is 975. The Labute approximate surface area is 198 Å². The number of carbonyl (C=O) groups is 1. The monoisotopic (exact) mass is 473 g/mol. The predicted molar refractivity (Wildman–Crippen MR) is 132 cm³/mol. The van der Waals surface area contributed by atoms with Crippen LogP contribution < -0.4 is 0 Å². The Morgan fingerprint density at radius 2 is 1.91 bits per heavy atom. The van der Waals surface area contributed by atoms with Crippen molar-refractivity contribution >= 4 is 14.4 Å². The number of nitrogens with zero attached hydrogens (tertiary/aromatic N) is 3. The molecule has 1 fully saturated rings. The molecule has 0 bridgehead atoms. The van der Waals surface area contributed by atoms with Gasteiger partial charge in [0.25, 0.3) is 0 Å². The van der Waals surface area contributed by atoms with Gasteiger partial charge in [-0.3, -0.25) is 4.90 Å². The quantitative estimate of drug-likeness (QED) is 0.563. The molecule has 0 radical (unpaired) electrons. The highest BCUT2D eigenvalue weighted by molar-refractivity contribution is 6.74. The van der Waals surface area contributed by atoms with E-state index in [1.807, 2.05) is 43.7 Å². The number of ether oxygens (including phenoxy) is 1. The third-order valence-electron chi connectivity index (χ3n) is 6.47. The minimum atomic E-state index is -2.01. The van der Waals surface area contributed by atoms with Gasteiger partial charge in [0.15, 0.2) is 8.32 Å². The second kappa shape index (κ2) is 9.14. The van der Waals surface area contributed by atoms with E-state index in [2.05, 4.69) is 38.8 Å². The van der Waals surface area contributed by atoms with Crippen molar-refractivity contribution in [1.82, 2.24) is 14.5 Å². The minimum Gasteiger partial charge on any atom is -0.508 e. The van der Waals surface area contributed by atoms with Crippen LogP contribution in [0.15, 0.2) is 36.7 Å². The predicted octanol–water partition coefficient (Wildman–Crippen LogP) is 5.71. The molecule has 0 saturated carbocycles. The molecule has 7 nitrogen and oxygen atoms in total. The van der Waals surface area contributed by atoms with Crippen LogP contribution in [0, 0.1) is 0 Å². The van der Waals surface area contributed by atoms with Gasteiger partial charge in [0.1, 0.15) is 17.2 Å². The lowest BCUT2D eigenvalue weighted by atomic mass is 10.1. The van der Waals surface area contributed by atoms with Gasteiger partial charge in [-0.1, -0.05) is 32.9 Å². The van der Waals surface area contributed by atoms with E-state index in [9.17, 15) is 9.90 Å². The first-order chi connectivity index (χ1) is 15.2. The third kappa shape index (κ3) is 6.17. The first-order valence-corrected chi connectivity index (χ1v) is 14.5. The summed E-state index contributed by atoms with van der Waals surface area (Å²) in [6, 6.07) is 6.94. The molecule has 2 atom stereocenters. The number of likely N-dealkylation sites (tertiary alicyclic amines) is 1. The molecule has 2 heterocycles.